The smallest absolute Gasteiger partial charge is 0.123 e. The molecule has 1 aliphatic rings. The Morgan fingerprint density at radius 2 is 1.84 bits per heavy atom. The average Bonchev–Trinajstić information content (AvgIpc) is 2.84. The van der Waals surface area contributed by atoms with Gasteiger partial charge in [0, 0.05) is 17.0 Å². The summed E-state index contributed by atoms with van der Waals surface area (Å²) in [6, 6.07) is 18.7. The van der Waals surface area contributed by atoms with Crippen molar-refractivity contribution in [3.8, 4) is 0 Å². The van der Waals surface area contributed by atoms with Gasteiger partial charge in [0.2, 0.25) is 0 Å². The second kappa shape index (κ2) is 5.77. The first kappa shape index (κ1) is 11.5. The van der Waals surface area contributed by atoms with Crippen molar-refractivity contribution in [3.63, 3.8) is 0 Å². The summed E-state index contributed by atoms with van der Waals surface area (Å²) >= 11 is 6.26. The maximum Gasteiger partial charge on any atom is 0.123 e. The maximum atomic E-state index is 8.18. The summed E-state index contributed by atoms with van der Waals surface area (Å²) in [5.74, 6) is 0.421. The topological polar surface area (TPSA) is 12.0 Å². The van der Waals surface area contributed by atoms with Crippen LogP contribution in [0.5, 0.6) is 0 Å². The van der Waals surface area contributed by atoms with Crippen LogP contribution in [0, 0.1) is 0 Å². The molecule has 3 rings (SSSR count). The van der Waals surface area contributed by atoms with E-state index in [1.165, 1.54) is 5.56 Å². The van der Waals surface area contributed by atoms with Gasteiger partial charge in [-0.05, 0) is 36.6 Å². The van der Waals surface area contributed by atoms with E-state index in [0.717, 1.165) is 30.0 Å². The summed E-state index contributed by atoms with van der Waals surface area (Å²) in [6.07, 6.45) is 1.88. The van der Waals surface area contributed by atoms with Crippen LogP contribution < -0.4 is 5.31 Å². The second-order valence-electron chi connectivity index (χ2n) is 5.07. The molecule has 2 heteroatoms. The number of nitrogens with one attached hydrogen (secondary N) is 1. The van der Waals surface area contributed by atoms with Crippen LogP contribution in [0.3, 0.4) is 0 Å². The largest absolute Gasteiger partial charge is 0.313 e. The van der Waals surface area contributed by atoms with Crippen LogP contribution in [0.4, 0.5) is 0 Å². The first-order valence-electron chi connectivity index (χ1n) is 7.24. The van der Waals surface area contributed by atoms with Gasteiger partial charge in [0.25, 0.3) is 0 Å². The van der Waals surface area contributed by atoms with Crippen LogP contribution >= 0.6 is 11.6 Å². The van der Waals surface area contributed by atoms with Crippen molar-refractivity contribution in [2.24, 2.45) is 0 Å². The van der Waals surface area contributed by atoms with E-state index in [2.05, 4.69) is 30.3 Å². The highest BCUT2D eigenvalue weighted by molar-refractivity contribution is 6.31. The third-order valence-electron chi connectivity index (χ3n) is 3.88. The van der Waals surface area contributed by atoms with E-state index in [-0.39, 0.29) is 6.04 Å². The van der Waals surface area contributed by atoms with Crippen LogP contribution in [0.2, 0.25) is 6.43 Å². The predicted octanol–water partition coefficient (Wildman–Crippen LogP) is 4.03. The Balaban J connectivity index is 1.84. The lowest BCUT2D eigenvalue weighted by Gasteiger charge is -2.20. The van der Waals surface area contributed by atoms with Gasteiger partial charge in [0.05, 0.1) is 0 Å². The molecule has 1 N–H and O–H groups in total. The molecule has 0 saturated carbocycles. The lowest BCUT2D eigenvalue weighted by molar-refractivity contribution is 0.544. The van der Waals surface area contributed by atoms with Gasteiger partial charge in [0.1, 0.15) is 1.41 Å². The molecule has 1 nitrogen and oxygen atoms in total. The molecular formula is C17H18ClN. The predicted molar refractivity (Wildman–Crippen MR) is 80.7 cm³/mol. The summed E-state index contributed by atoms with van der Waals surface area (Å²) in [7, 11) is 0. The fourth-order valence-corrected chi connectivity index (χ4v) is 3.10. The van der Waals surface area contributed by atoms with Crippen molar-refractivity contribution in [3.05, 3.63) is 70.7 Å². The quantitative estimate of drug-likeness (QED) is 0.890. The number of hydrogen-bond acceptors (Lipinski definition) is 1. The van der Waals surface area contributed by atoms with Crippen LogP contribution in [0.25, 0.3) is 0 Å². The Bertz CT molecular complexity index is 572. The molecule has 19 heavy (non-hydrogen) atoms. The second-order valence-corrected chi connectivity index (χ2v) is 5.48. The summed E-state index contributed by atoms with van der Waals surface area (Å²) in [6.45, 7) is 0.828. The Labute approximate surface area is 121 Å². The summed E-state index contributed by atoms with van der Waals surface area (Å²) in [5.41, 5.74) is 2.47. The number of halogens is 1. The van der Waals surface area contributed by atoms with Crippen LogP contribution in [0.15, 0.2) is 54.6 Å². The van der Waals surface area contributed by atoms with E-state index in [4.69, 9.17) is 13.0 Å². The van der Waals surface area contributed by atoms with Gasteiger partial charge >= 0.3 is 0 Å². The third kappa shape index (κ3) is 2.83. The van der Waals surface area contributed by atoms with Crippen molar-refractivity contribution < 1.29 is 1.41 Å². The molecule has 0 aromatic heterocycles. The highest BCUT2D eigenvalue weighted by Gasteiger charge is 2.28. The van der Waals surface area contributed by atoms with E-state index in [9.17, 15) is 0 Å². The van der Waals surface area contributed by atoms with Crippen molar-refractivity contribution in [1.82, 2.24) is 5.31 Å². The Morgan fingerprint density at radius 1 is 1.11 bits per heavy atom. The van der Waals surface area contributed by atoms with Crippen molar-refractivity contribution in [1.29, 1.82) is 0 Å². The van der Waals surface area contributed by atoms with Crippen molar-refractivity contribution in [2.75, 3.05) is 6.54 Å². The number of benzene rings is 2. The zero-order chi connectivity index (χ0) is 13.9. The van der Waals surface area contributed by atoms with Crippen LogP contribution in [-0.2, 0) is 6.42 Å². The summed E-state index contributed by atoms with van der Waals surface area (Å²) in [5, 5.41) is 2.53. The summed E-state index contributed by atoms with van der Waals surface area (Å²) < 4.78 is 8.18. The maximum absolute atomic E-state index is 8.18. The zero-order valence-corrected chi connectivity index (χ0v) is 11.6. The normalized spacial score (nSPS) is 24.4. The minimum Gasteiger partial charge on any atom is -0.313 e. The molecule has 1 aliphatic heterocycles. The van der Waals surface area contributed by atoms with Gasteiger partial charge in [-0.15, -0.1) is 0 Å². The highest BCUT2D eigenvalue weighted by atomic mass is 35.5. The third-order valence-corrected chi connectivity index (χ3v) is 4.25. The van der Waals surface area contributed by atoms with Crippen LogP contribution in [0.1, 0.15) is 23.5 Å². The molecular weight excluding hydrogens is 254 g/mol. The molecule has 0 bridgehead atoms. The zero-order valence-electron chi connectivity index (χ0n) is 11.8. The Kier molecular flexibility index (Phi) is 3.49. The highest BCUT2D eigenvalue weighted by Crippen LogP contribution is 2.30. The van der Waals surface area contributed by atoms with Crippen LogP contribution in [-0.4, -0.2) is 12.6 Å². The molecule has 1 saturated heterocycles. The lowest BCUT2D eigenvalue weighted by atomic mass is 9.88. The molecule has 0 spiro atoms. The first-order valence-corrected chi connectivity index (χ1v) is 7.17. The van der Waals surface area contributed by atoms with E-state index in [1.54, 1.807) is 5.31 Å². The van der Waals surface area contributed by atoms with Gasteiger partial charge in [-0.2, -0.15) is 0 Å². The molecule has 2 aromatic carbocycles. The molecule has 1 fully saturated rings. The molecule has 0 amide bonds. The SMILES string of the molecule is [2H]N1CC[C@@H](c2ccccc2)[C@@H]1Cc1ccccc1Cl. The molecule has 0 radical (unpaired) electrons. The fraction of sp³-hybridized carbons (Fsp3) is 0.294. The van der Waals surface area contributed by atoms with E-state index >= 15 is 0 Å². The van der Waals surface area contributed by atoms with E-state index in [1.807, 2.05) is 24.3 Å². The molecule has 98 valence electrons. The first-order chi connectivity index (χ1) is 9.75. The van der Waals surface area contributed by atoms with Gasteiger partial charge in [-0.3, -0.25) is 0 Å². The molecule has 2 atom stereocenters. The van der Waals surface area contributed by atoms with Gasteiger partial charge < -0.3 is 5.31 Å². The van der Waals surface area contributed by atoms with Gasteiger partial charge in [0.15, 0.2) is 0 Å². The average molecular weight is 273 g/mol. The minimum atomic E-state index is 0.206. The molecule has 0 aliphatic carbocycles. The van der Waals surface area contributed by atoms with E-state index in [0.29, 0.717) is 5.92 Å². The fourth-order valence-electron chi connectivity index (χ4n) is 2.88. The Morgan fingerprint density at radius 3 is 2.63 bits per heavy atom. The minimum absolute atomic E-state index is 0.206. The van der Waals surface area contributed by atoms with Gasteiger partial charge in [-0.25, -0.2) is 0 Å². The number of hydrogen-bond donors (Lipinski definition) is 1. The van der Waals surface area contributed by atoms with Crippen molar-refractivity contribution in [2.45, 2.75) is 24.8 Å². The molecule has 1 heterocycles. The van der Waals surface area contributed by atoms with Gasteiger partial charge in [-0.1, -0.05) is 60.1 Å². The van der Waals surface area contributed by atoms with Crippen molar-refractivity contribution >= 4 is 11.6 Å². The monoisotopic (exact) mass is 272 g/mol. The molecule has 2 aromatic rings. The summed E-state index contributed by atoms with van der Waals surface area (Å²) in [4.78, 5) is 0. The molecule has 0 unspecified atom stereocenters. The standard InChI is InChI=1S/C17H18ClN/c18-16-9-5-4-8-14(16)12-17-15(10-11-19-17)13-6-2-1-3-7-13/h1-9,15,17,19H,10-12H2/t15-,17-/m0/s1/i/hD. The Hall–Kier alpha value is -1.31. The lowest BCUT2D eigenvalue weighted by Crippen LogP contribution is -2.28. The van der Waals surface area contributed by atoms with E-state index < -0.39 is 0 Å². The number of rotatable bonds is 3.